The molecule has 194 valence electrons. The minimum atomic E-state index is -0.595. The van der Waals surface area contributed by atoms with Crippen LogP contribution in [0.15, 0.2) is 54.6 Å². The van der Waals surface area contributed by atoms with Gasteiger partial charge >= 0.3 is 6.09 Å². The molecule has 8 nitrogen and oxygen atoms in total. The topological polar surface area (TPSA) is 104 Å². The van der Waals surface area contributed by atoms with E-state index in [1.165, 1.54) is 0 Å². The van der Waals surface area contributed by atoms with Gasteiger partial charge in [0.1, 0.15) is 17.7 Å². The predicted molar refractivity (Wildman–Crippen MR) is 141 cm³/mol. The van der Waals surface area contributed by atoms with Crippen LogP contribution in [0.3, 0.4) is 0 Å². The van der Waals surface area contributed by atoms with E-state index in [-0.39, 0.29) is 17.9 Å². The Kier molecular flexibility index (Phi) is 6.67. The zero-order valence-corrected chi connectivity index (χ0v) is 21.5. The number of unbranched alkanes of at least 4 members (excludes halogenated alkanes) is 1. The number of carbonyl (C=O) groups is 3. The van der Waals surface area contributed by atoms with Gasteiger partial charge in [0.05, 0.1) is 6.04 Å². The zero-order chi connectivity index (χ0) is 26.2. The molecule has 0 bridgehead atoms. The van der Waals surface area contributed by atoms with Crippen LogP contribution in [-0.2, 0) is 20.7 Å². The van der Waals surface area contributed by atoms with Crippen LogP contribution in [0.25, 0.3) is 10.9 Å². The van der Waals surface area contributed by atoms with Crippen LogP contribution >= 0.6 is 0 Å². The maximum atomic E-state index is 13.9. The standard InChI is InChI=1S/C29H34N4O4/c1-29(2,3)37-28(36)30-16-10-9-15-22-27(35)33-23(26(34)32-22)17-20-19-13-7-8-14-21(19)31-24(20)25(33)18-11-5-4-6-12-18/h4-8,11-14,22-23,25,31H,9-10,15-17H2,1-3H3,(H,30,36)(H,32,34)/t22?,23-,25?/m0/s1. The van der Waals surface area contributed by atoms with Crippen LogP contribution in [0.5, 0.6) is 0 Å². The average Bonchev–Trinajstić information content (AvgIpc) is 3.23. The van der Waals surface area contributed by atoms with Crippen molar-refractivity contribution >= 4 is 28.8 Å². The fraction of sp³-hybridized carbons (Fsp3) is 0.414. The third-order valence-corrected chi connectivity index (χ3v) is 7.01. The third kappa shape index (κ3) is 5.05. The quantitative estimate of drug-likeness (QED) is 0.440. The van der Waals surface area contributed by atoms with E-state index in [1.54, 1.807) is 4.90 Å². The zero-order valence-electron chi connectivity index (χ0n) is 21.5. The summed E-state index contributed by atoms with van der Waals surface area (Å²) in [4.78, 5) is 44.4. The van der Waals surface area contributed by atoms with Gasteiger partial charge in [-0.05, 0) is 57.2 Å². The highest BCUT2D eigenvalue weighted by Gasteiger charge is 2.48. The van der Waals surface area contributed by atoms with Crippen molar-refractivity contribution in [2.45, 2.75) is 70.2 Å². The van der Waals surface area contributed by atoms with E-state index in [4.69, 9.17) is 4.74 Å². The molecule has 2 aliphatic heterocycles. The molecule has 3 atom stereocenters. The number of hydrogen-bond acceptors (Lipinski definition) is 4. The molecule has 5 rings (SSSR count). The molecular formula is C29H34N4O4. The minimum absolute atomic E-state index is 0.0668. The number of nitrogens with zero attached hydrogens (tertiary/aromatic N) is 1. The Morgan fingerprint density at radius 2 is 1.78 bits per heavy atom. The van der Waals surface area contributed by atoms with Crippen molar-refractivity contribution in [1.82, 2.24) is 20.5 Å². The Balaban J connectivity index is 1.34. The van der Waals surface area contributed by atoms with E-state index in [9.17, 15) is 14.4 Å². The van der Waals surface area contributed by atoms with Gasteiger partial charge in [0, 0.05) is 29.6 Å². The summed E-state index contributed by atoms with van der Waals surface area (Å²) in [5, 5.41) is 6.83. The highest BCUT2D eigenvalue weighted by atomic mass is 16.6. The van der Waals surface area contributed by atoms with Crippen molar-refractivity contribution in [3.05, 3.63) is 71.4 Å². The van der Waals surface area contributed by atoms with E-state index in [0.29, 0.717) is 32.2 Å². The van der Waals surface area contributed by atoms with Gasteiger partial charge in [-0.2, -0.15) is 0 Å². The summed E-state index contributed by atoms with van der Waals surface area (Å²) in [5.41, 5.74) is 3.51. The number of H-pyrrole nitrogens is 1. The van der Waals surface area contributed by atoms with Gasteiger partial charge < -0.3 is 25.3 Å². The van der Waals surface area contributed by atoms with Crippen molar-refractivity contribution in [1.29, 1.82) is 0 Å². The number of aromatic amines is 1. The van der Waals surface area contributed by atoms with Crippen LogP contribution in [0.2, 0.25) is 0 Å². The summed E-state index contributed by atoms with van der Waals surface area (Å²) in [6.07, 6.45) is 1.89. The number of aromatic nitrogens is 1. The van der Waals surface area contributed by atoms with Crippen molar-refractivity contribution < 1.29 is 19.1 Å². The highest BCUT2D eigenvalue weighted by Crippen LogP contribution is 2.42. The molecule has 3 N–H and O–H groups in total. The number of ether oxygens (including phenoxy) is 1. The van der Waals surface area contributed by atoms with Gasteiger partial charge in [0.15, 0.2) is 0 Å². The molecule has 1 saturated heterocycles. The number of rotatable bonds is 6. The van der Waals surface area contributed by atoms with Crippen LogP contribution in [-0.4, -0.2) is 52.0 Å². The molecule has 0 saturated carbocycles. The molecule has 0 radical (unpaired) electrons. The van der Waals surface area contributed by atoms with Gasteiger partial charge in [-0.15, -0.1) is 0 Å². The van der Waals surface area contributed by atoms with E-state index in [0.717, 1.165) is 27.7 Å². The Labute approximate surface area is 216 Å². The fourth-order valence-corrected chi connectivity index (χ4v) is 5.43. The Morgan fingerprint density at radius 1 is 1.05 bits per heavy atom. The first-order valence-corrected chi connectivity index (χ1v) is 13.0. The summed E-state index contributed by atoms with van der Waals surface area (Å²) in [5.74, 6) is -0.184. The maximum Gasteiger partial charge on any atom is 0.407 e. The SMILES string of the molecule is CC(C)(C)OC(=O)NCCCCC1NC(=O)[C@@H]2Cc3c([nH]c4ccccc34)C(c3ccccc3)N2C1=O. The molecule has 2 aliphatic rings. The summed E-state index contributed by atoms with van der Waals surface area (Å²) in [7, 11) is 0. The monoisotopic (exact) mass is 502 g/mol. The van der Waals surface area contributed by atoms with Gasteiger partial charge in [-0.3, -0.25) is 9.59 Å². The molecule has 3 aromatic rings. The lowest BCUT2D eigenvalue weighted by Gasteiger charge is -2.46. The maximum absolute atomic E-state index is 13.9. The van der Waals surface area contributed by atoms with Crippen LogP contribution in [0, 0.1) is 0 Å². The number of piperazine rings is 1. The lowest BCUT2D eigenvalue weighted by Crippen LogP contribution is -2.65. The summed E-state index contributed by atoms with van der Waals surface area (Å²) in [6, 6.07) is 16.5. The fourth-order valence-electron chi connectivity index (χ4n) is 5.43. The number of para-hydroxylation sites is 1. The van der Waals surface area contributed by atoms with Crippen molar-refractivity contribution in [2.75, 3.05) is 6.54 Å². The summed E-state index contributed by atoms with van der Waals surface area (Å²) < 4.78 is 5.26. The van der Waals surface area contributed by atoms with Crippen molar-refractivity contribution in [3.8, 4) is 0 Å². The second kappa shape index (κ2) is 9.92. The number of benzene rings is 2. The molecule has 1 aromatic heterocycles. The van der Waals surface area contributed by atoms with Crippen molar-refractivity contribution in [3.63, 3.8) is 0 Å². The number of hydrogen-bond donors (Lipinski definition) is 3. The molecule has 3 heterocycles. The Bertz CT molecular complexity index is 1310. The molecule has 37 heavy (non-hydrogen) atoms. The third-order valence-electron chi connectivity index (χ3n) is 7.01. The second-order valence-electron chi connectivity index (χ2n) is 10.8. The van der Waals surface area contributed by atoms with Crippen LogP contribution in [0.4, 0.5) is 4.79 Å². The van der Waals surface area contributed by atoms with Gasteiger partial charge in [0.25, 0.3) is 0 Å². The predicted octanol–water partition coefficient (Wildman–Crippen LogP) is 4.20. The first kappa shape index (κ1) is 24.9. The van der Waals surface area contributed by atoms with E-state index in [2.05, 4.69) is 21.7 Å². The second-order valence-corrected chi connectivity index (χ2v) is 10.8. The largest absolute Gasteiger partial charge is 0.444 e. The van der Waals surface area contributed by atoms with Crippen LogP contribution < -0.4 is 10.6 Å². The minimum Gasteiger partial charge on any atom is -0.444 e. The van der Waals surface area contributed by atoms with E-state index < -0.39 is 23.8 Å². The summed E-state index contributed by atoms with van der Waals surface area (Å²) >= 11 is 0. The van der Waals surface area contributed by atoms with E-state index in [1.807, 2.05) is 69.3 Å². The molecule has 8 heteroatoms. The lowest BCUT2D eigenvalue weighted by atomic mass is 9.85. The first-order valence-electron chi connectivity index (χ1n) is 13.0. The number of amides is 3. The lowest BCUT2D eigenvalue weighted by molar-refractivity contribution is -0.152. The molecule has 0 spiro atoms. The average molecular weight is 503 g/mol. The number of alkyl carbamates (subject to hydrolysis) is 1. The number of fused-ring (bicyclic) bond motifs is 4. The molecule has 3 amide bonds. The first-order chi connectivity index (χ1) is 17.7. The van der Waals surface area contributed by atoms with Crippen molar-refractivity contribution in [2.24, 2.45) is 0 Å². The smallest absolute Gasteiger partial charge is 0.407 e. The molecule has 0 aliphatic carbocycles. The molecule has 1 fully saturated rings. The Hall–Kier alpha value is -3.81. The highest BCUT2D eigenvalue weighted by molar-refractivity contribution is 5.99. The van der Waals surface area contributed by atoms with Gasteiger partial charge in [-0.25, -0.2) is 4.79 Å². The molecule has 2 aromatic carbocycles. The number of nitrogens with one attached hydrogen (secondary N) is 3. The van der Waals surface area contributed by atoms with Gasteiger partial charge in [-0.1, -0.05) is 48.5 Å². The summed E-state index contributed by atoms with van der Waals surface area (Å²) in [6.45, 7) is 5.90. The van der Waals surface area contributed by atoms with Gasteiger partial charge in [0.2, 0.25) is 11.8 Å². The van der Waals surface area contributed by atoms with Crippen LogP contribution in [0.1, 0.15) is 62.9 Å². The number of carbonyl (C=O) groups excluding carboxylic acids is 3. The normalized spacial score (nSPS) is 21.3. The molecular weight excluding hydrogens is 468 g/mol. The Morgan fingerprint density at radius 3 is 2.54 bits per heavy atom. The van der Waals surface area contributed by atoms with E-state index >= 15 is 0 Å². The molecule has 2 unspecified atom stereocenters.